The number of pyridine rings is 1. The quantitative estimate of drug-likeness (QED) is 0.298. The van der Waals surface area contributed by atoms with Gasteiger partial charge in [0.2, 0.25) is 0 Å². The highest BCUT2D eigenvalue weighted by Crippen LogP contribution is 2.43. The van der Waals surface area contributed by atoms with E-state index in [-0.39, 0.29) is 22.9 Å². The van der Waals surface area contributed by atoms with E-state index >= 15 is 0 Å². The van der Waals surface area contributed by atoms with Crippen molar-refractivity contribution < 1.29 is 33.2 Å². The fourth-order valence-corrected chi connectivity index (χ4v) is 5.23. The van der Waals surface area contributed by atoms with Gasteiger partial charge >= 0.3 is 0 Å². The molecule has 4 aromatic rings. The fraction of sp³-hybridized carbons (Fsp3) is 0.385. The Bertz CT molecular complexity index is 1550. The smallest absolute Gasteiger partial charge is 0.194 e. The van der Waals surface area contributed by atoms with Crippen LogP contribution in [0.1, 0.15) is 48.2 Å². The second-order valence-corrected chi connectivity index (χ2v) is 10.4. The zero-order valence-corrected chi connectivity index (χ0v) is 21.8. The number of aliphatic hydroxyl groups is 3. The van der Waals surface area contributed by atoms with Gasteiger partial charge in [0.25, 0.3) is 0 Å². The topological polar surface area (TPSA) is 131 Å². The van der Waals surface area contributed by atoms with E-state index < -0.39 is 54.5 Å². The van der Waals surface area contributed by atoms with Crippen molar-refractivity contribution in [2.24, 2.45) is 0 Å². The van der Waals surface area contributed by atoms with Crippen molar-refractivity contribution in [3.63, 3.8) is 0 Å². The number of aliphatic hydroxyl groups excluding tert-OH is 3. The number of nitrogens with zero attached hydrogens (tertiary/aromatic N) is 6. The normalized spacial score (nSPS) is 24.9. The predicted octanol–water partition coefficient (Wildman–Crippen LogP) is 3.18. The molecule has 14 heteroatoms. The zero-order chi connectivity index (χ0) is 28.3. The highest BCUT2D eigenvalue weighted by atomic mass is 35.5. The minimum atomic E-state index is -1.60. The van der Waals surface area contributed by atoms with E-state index in [0.29, 0.717) is 16.5 Å². The van der Waals surface area contributed by atoms with Crippen molar-refractivity contribution >= 4 is 11.6 Å². The Morgan fingerprint density at radius 2 is 1.77 bits per heavy atom. The first-order valence-corrected chi connectivity index (χ1v) is 12.9. The molecule has 2 fully saturated rings. The molecule has 0 spiro atoms. The monoisotopic (exact) mass is 576 g/mol. The maximum atomic E-state index is 13.8. The second kappa shape index (κ2) is 10.2. The van der Waals surface area contributed by atoms with Gasteiger partial charge < -0.3 is 20.1 Å². The third kappa shape index (κ3) is 4.67. The minimum Gasteiger partial charge on any atom is -0.394 e. The molecule has 40 heavy (non-hydrogen) atoms. The van der Waals surface area contributed by atoms with E-state index in [1.54, 1.807) is 19.2 Å². The molecule has 0 bridgehead atoms. The molecule has 1 saturated heterocycles. The molecule has 210 valence electrons. The maximum absolute atomic E-state index is 13.8. The molecule has 1 aliphatic carbocycles. The van der Waals surface area contributed by atoms with Crippen LogP contribution in [0.15, 0.2) is 36.8 Å². The Kier molecular flexibility index (Phi) is 6.87. The first kappa shape index (κ1) is 26.8. The molecule has 0 radical (unpaired) electrons. The summed E-state index contributed by atoms with van der Waals surface area (Å²) < 4.78 is 49.8. The molecule has 4 heterocycles. The van der Waals surface area contributed by atoms with Crippen LogP contribution < -0.4 is 0 Å². The van der Waals surface area contributed by atoms with Crippen molar-refractivity contribution in [3.8, 4) is 16.8 Å². The lowest BCUT2D eigenvalue weighted by Crippen LogP contribution is -2.53. The number of halogens is 4. The first-order chi connectivity index (χ1) is 19.2. The van der Waals surface area contributed by atoms with Gasteiger partial charge in [0.05, 0.1) is 29.2 Å². The van der Waals surface area contributed by atoms with Crippen LogP contribution in [0.25, 0.3) is 16.8 Å². The molecule has 3 N–H and O–H groups in total. The highest BCUT2D eigenvalue weighted by molar-refractivity contribution is 6.30. The summed E-state index contributed by atoms with van der Waals surface area (Å²) in [6, 6.07) is 2.16. The summed E-state index contributed by atoms with van der Waals surface area (Å²) in [7, 11) is 0. The fourth-order valence-electron chi connectivity index (χ4n) is 5.07. The van der Waals surface area contributed by atoms with E-state index in [0.717, 1.165) is 30.7 Å². The molecule has 0 unspecified atom stereocenters. The van der Waals surface area contributed by atoms with E-state index in [1.807, 2.05) is 0 Å². The molecule has 2 aliphatic rings. The minimum absolute atomic E-state index is 0.00498. The van der Waals surface area contributed by atoms with Crippen LogP contribution in [0.3, 0.4) is 0 Å². The lowest BCUT2D eigenvalue weighted by molar-refractivity contribution is -0.210. The van der Waals surface area contributed by atoms with Gasteiger partial charge in [-0.2, -0.15) is 10.2 Å². The second-order valence-electron chi connectivity index (χ2n) is 9.97. The van der Waals surface area contributed by atoms with Crippen LogP contribution in [-0.4, -0.2) is 69.8 Å². The Morgan fingerprint density at radius 3 is 2.45 bits per heavy atom. The van der Waals surface area contributed by atoms with Crippen LogP contribution >= 0.6 is 11.6 Å². The summed E-state index contributed by atoms with van der Waals surface area (Å²) in [5.74, 6) is -3.54. The maximum Gasteiger partial charge on any atom is 0.194 e. The zero-order valence-electron chi connectivity index (χ0n) is 21.0. The van der Waals surface area contributed by atoms with Crippen LogP contribution in [0.5, 0.6) is 0 Å². The highest BCUT2D eigenvalue weighted by Gasteiger charge is 2.48. The number of hydrogen-bond donors (Lipinski definition) is 3. The summed E-state index contributed by atoms with van der Waals surface area (Å²) in [5.41, 5.74) is 1.56. The molecule has 6 rings (SSSR count). The predicted molar refractivity (Wildman–Crippen MR) is 134 cm³/mol. The van der Waals surface area contributed by atoms with E-state index in [4.69, 9.17) is 16.3 Å². The van der Waals surface area contributed by atoms with Crippen LogP contribution in [-0.2, 0) is 4.74 Å². The van der Waals surface area contributed by atoms with E-state index in [9.17, 15) is 28.5 Å². The third-order valence-electron chi connectivity index (χ3n) is 7.17. The number of rotatable bonds is 6. The van der Waals surface area contributed by atoms with Gasteiger partial charge in [-0.25, -0.2) is 22.8 Å². The molecule has 1 aliphatic heterocycles. The van der Waals surface area contributed by atoms with Gasteiger partial charge in [-0.1, -0.05) is 11.6 Å². The summed E-state index contributed by atoms with van der Waals surface area (Å²) in [5, 5.41) is 41.6. The van der Waals surface area contributed by atoms with Crippen molar-refractivity contribution in [1.82, 2.24) is 29.5 Å². The Morgan fingerprint density at radius 1 is 1.05 bits per heavy atom. The molecule has 1 aromatic carbocycles. The van der Waals surface area contributed by atoms with Gasteiger partial charge in [-0.05, 0) is 43.5 Å². The molecule has 10 nitrogen and oxygen atoms in total. The Balaban J connectivity index is 1.40. The number of hydrogen-bond acceptors (Lipinski definition) is 8. The van der Waals surface area contributed by atoms with Crippen molar-refractivity contribution in [2.45, 2.75) is 56.1 Å². The summed E-state index contributed by atoms with van der Waals surface area (Å²) >= 11 is 6.26. The SMILES string of the molecule is Cc1nc([C@@H]2O[C@H](CO)[C@H](O)[C@H](n3cc(-c4cc(F)c(F)c(F)c4)cn3)[C@H]2O)n(-c2cc(Cl)cnc2C2CC2)n1. The van der Waals surface area contributed by atoms with Gasteiger partial charge in [0.15, 0.2) is 23.3 Å². The third-order valence-corrected chi connectivity index (χ3v) is 7.37. The van der Waals surface area contributed by atoms with Gasteiger partial charge in [0, 0.05) is 23.9 Å². The van der Waals surface area contributed by atoms with Crippen LogP contribution in [0.2, 0.25) is 5.02 Å². The van der Waals surface area contributed by atoms with Crippen molar-refractivity contribution in [1.29, 1.82) is 0 Å². The Labute approximate surface area is 230 Å². The summed E-state index contributed by atoms with van der Waals surface area (Å²) in [6.07, 6.45) is 0.831. The van der Waals surface area contributed by atoms with Crippen LogP contribution in [0.4, 0.5) is 13.2 Å². The van der Waals surface area contributed by atoms with E-state index in [2.05, 4.69) is 20.2 Å². The van der Waals surface area contributed by atoms with Gasteiger partial charge in [-0.15, -0.1) is 0 Å². The average molecular weight is 577 g/mol. The molecule has 5 atom stereocenters. The summed E-state index contributed by atoms with van der Waals surface area (Å²) in [4.78, 5) is 8.99. The number of ether oxygens (including phenoxy) is 1. The molecule has 0 amide bonds. The molecular weight excluding hydrogens is 553 g/mol. The number of aromatic nitrogens is 6. The standard InChI is InChI=1S/C26H24ClF3N6O4/c1-11-33-26(36(34-11)18-6-15(27)8-31-21(18)12-2-3-12)25-24(39)22(23(38)19(10-37)40-25)35-9-14(7-32-35)13-4-16(28)20(30)17(29)5-13/h4-9,12,19,22-25,37-39H,2-3,10H2,1H3/t19-,22+,23+,24-,25-/m1/s1. The molecule has 1 saturated carbocycles. The largest absolute Gasteiger partial charge is 0.394 e. The van der Waals surface area contributed by atoms with Crippen molar-refractivity contribution in [3.05, 3.63) is 76.6 Å². The summed E-state index contributed by atoms with van der Waals surface area (Å²) in [6.45, 7) is 1.07. The lowest BCUT2D eigenvalue weighted by atomic mass is 9.92. The average Bonchev–Trinajstić information content (AvgIpc) is 3.52. The van der Waals surface area contributed by atoms with Gasteiger partial charge in [-0.3, -0.25) is 9.67 Å². The number of benzene rings is 1. The molecular formula is C26H24ClF3N6O4. The van der Waals surface area contributed by atoms with E-state index in [1.165, 1.54) is 21.8 Å². The van der Waals surface area contributed by atoms with Crippen molar-refractivity contribution in [2.75, 3.05) is 6.61 Å². The Hall–Kier alpha value is -3.36. The van der Waals surface area contributed by atoms with Crippen LogP contribution in [0, 0.1) is 24.4 Å². The lowest BCUT2D eigenvalue weighted by Gasteiger charge is -2.41. The van der Waals surface area contributed by atoms with Gasteiger partial charge in [0.1, 0.15) is 36.3 Å². The molecule has 3 aromatic heterocycles. The number of aryl methyl sites for hydroxylation is 1. The first-order valence-electron chi connectivity index (χ1n) is 12.6.